The fourth-order valence-electron chi connectivity index (χ4n) is 0.980. The number of alkyl carbamates (subject to hydrolysis) is 1. The maximum atomic E-state index is 10.7. The molecular weight excluding hydrogens is 242 g/mol. The van der Waals surface area contributed by atoms with E-state index in [9.17, 15) is 4.79 Å². The van der Waals surface area contributed by atoms with Crippen LogP contribution in [-0.2, 0) is 20.9 Å². The Hall–Kier alpha value is -2.05. The van der Waals surface area contributed by atoms with Crippen LogP contribution in [0.4, 0.5) is 4.79 Å². The summed E-state index contributed by atoms with van der Waals surface area (Å²) in [6, 6.07) is 6.82. The van der Waals surface area contributed by atoms with E-state index >= 15 is 0 Å². The molecule has 0 unspecified atom stereocenters. The molecular formula is C11H13NO6. The average Bonchev–Trinajstić information content (AvgIpc) is 2.43. The van der Waals surface area contributed by atoms with Gasteiger partial charge in [0.15, 0.2) is 0 Å². The molecule has 0 aliphatic carbocycles. The predicted molar refractivity (Wildman–Crippen MR) is 58.8 cm³/mol. The summed E-state index contributed by atoms with van der Waals surface area (Å²) < 4.78 is 17.3. The first kappa shape index (κ1) is 16.0. The molecule has 1 aromatic rings. The van der Waals surface area contributed by atoms with Gasteiger partial charge in [0.25, 0.3) is 0 Å². The van der Waals surface area contributed by atoms with Crippen molar-refractivity contribution < 1.29 is 29.1 Å². The molecule has 0 heterocycles. The van der Waals surface area contributed by atoms with Gasteiger partial charge in [0.1, 0.15) is 12.4 Å². The number of ether oxygens (including phenoxy) is 2. The number of nitrogens with one attached hydrogen (secondary N) is 1. The van der Waals surface area contributed by atoms with Crippen molar-refractivity contribution in [1.82, 2.24) is 5.32 Å². The number of carbonyl (C=O) groups is 1. The Bertz CT molecular complexity index is 362. The Labute approximate surface area is 104 Å². The zero-order valence-corrected chi connectivity index (χ0v) is 9.71. The van der Waals surface area contributed by atoms with Crippen LogP contribution in [0.15, 0.2) is 24.3 Å². The number of carbonyl (C=O) groups excluding carboxylic acids is 1. The van der Waals surface area contributed by atoms with E-state index in [4.69, 9.17) is 14.6 Å². The van der Waals surface area contributed by atoms with Crippen LogP contribution in [0.1, 0.15) is 5.56 Å². The van der Waals surface area contributed by atoms with Crippen LogP contribution in [0.5, 0.6) is 5.75 Å². The molecule has 7 heteroatoms. The third-order valence-electron chi connectivity index (χ3n) is 1.77. The van der Waals surface area contributed by atoms with Crippen molar-refractivity contribution in [2.45, 2.75) is 6.61 Å². The third-order valence-corrected chi connectivity index (χ3v) is 1.77. The van der Waals surface area contributed by atoms with E-state index in [2.05, 4.69) is 21.6 Å². The van der Waals surface area contributed by atoms with Gasteiger partial charge < -0.3 is 14.8 Å². The Morgan fingerprint density at radius 2 is 2.00 bits per heavy atom. The predicted octanol–water partition coefficient (Wildman–Crippen LogP) is 1.33. The SMILES string of the molecule is CNC(=O)OCOc1ccc(COO)cc1.[C-]#[O+]. The molecule has 1 amide bonds. The quantitative estimate of drug-likeness (QED) is 0.272. The number of rotatable bonds is 5. The molecule has 1 rings (SSSR count). The molecule has 98 valence electrons. The fraction of sp³-hybridized carbons (Fsp3) is 0.273. The summed E-state index contributed by atoms with van der Waals surface area (Å²) >= 11 is 0. The summed E-state index contributed by atoms with van der Waals surface area (Å²) in [5, 5.41) is 10.5. The van der Waals surface area contributed by atoms with Crippen molar-refractivity contribution >= 4 is 6.09 Å². The van der Waals surface area contributed by atoms with E-state index in [1.165, 1.54) is 7.05 Å². The van der Waals surface area contributed by atoms with Gasteiger partial charge in [0.2, 0.25) is 6.79 Å². The molecule has 7 nitrogen and oxygen atoms in total. The van der Waals surface area contributed by atoms with Crippen molar-refractivity contribution in [1.29, 1.82) is 0 Å². The van der Waals surface area contributed by atoms with Gasteiger partial charge in [0.05, 0.1) is 0 Å². The summed E-state index contributed by atoms with van der Waals surface area (Å²) in [5.74, 6) is 0.561. The van der Waals surface area contributed by atoms with Crippen molar-refractivity contribution in [2.75, 3.05) is 13.8 Å². The molecule has 0 aliphatic heterocycles. The Kier molecular flexibility index (Phi) is 8.97. The van der Waals surface area contributed by atoms with Crippen LogP contribution < -0.4 is 10.1 Å². The molecule has 2 N–H and O–H groups in total. The fourth-order valence-corrected chi connectivity index (χ4v) is 0.980. The topological polar surface area (TPSA) is 96.9 Å². The summed E-state index contributed by atoms with van der Waals surface area (Å²) in [4.78, 5) is 14.7. The zero-order chi connectivity index (χ0) is 13.8. The second-order valence-corrected chi connectivity index (χ2v) is 2.86. The summed E-state index contributed by atoms with van der Waals surface area (Å²) in [6.07, 6.45) is -0.551. The second kappa shape index (κ2) is 10.1. The van der Waals surface area contributed by atoms with Gasteiger partial charge in [-0.25, -0.2) is 9.68 Å². The molecule has 0 spiro atoms. The molecule has 0 atom stereocenters. The van der Waals surface area contributed by atoms with Crippen LogP contribution in [0.25, 0.3) is 0 Å². The van der Waals surface area contributed by atoms with Gasteiger partial charge in [-0.2, -0.15) is 0 Å². The summed E-state index contributed by atoms with van der Waals surface area (Å²) in [5.41, 5.74) is 0.807. The summed E-state index contributed by atoms with van der Waals surface area (Å²) in [6.45, 7) is 4.46. The molecule has 18 heavy (non-hydrogen) atoms. The Balaban J connectivity index is 0.00000137. The van der Waals surface area contributed by atoms with Gasteiger partial charge in [-0.05, 0) is 17.7 Å². The first-order valence-corrected chi connectivity index (χ1v) is 4.79. The number of amides is 1. The van der Waals surface area contributed by atoms with Crippen molar-refractivity contribution in [3.8, 4) is 5.75 Å². The van der Waals surface area contributed by atoms with Gasteiger partial charge in [0, 0.05) is 7.05 Å². The van der Waals surface area contributed by atoms with Crippen molar-refractivity contribution in [3.63, 3.8) is 0 Å². The van der Waals surface area contributed by atoms with E-state index in [-0.39, 0.29) is 13.4 Å². The van der Waals surface area contributed by atoms with Gasteiger partial charge in [-0.15, -0.1) is 0 Å². The molecule has 0 fully saturated rings. The average molecular weight is 255 g/mol. The van der Waals surface area contributed by atoms with Crippen LogP contribution in [0.3, 0.4) is 0 Å². The van der Waals surface area contributed by atoms with E-state index in [1.807, 2.05) is 0 Å². The van der Waals surface area contributed by atoms with Gasteiger partial charge in [-0.3, -0.25) is 5.26 Å². The first-order chi connectivity index (χ1) is 8.76. The minimum absolute atomic E-state index is 0.120. The summed E-state index contributed by atoms with van der Waals surface area (Å²) in [7, 11) is 1.46. The van der Waals surface area contributed by atoms with Crippen LogP contribution in [0, 0.1) is 6.65 Å². The molecule has 0 aromatic heterocycles. The number of benzene rings is 1. The minimum atomic E-state index is -0.551. The second-order valence-electron chi connectivity index (χ2n) is 2.86. The molecule has 0 radical (unpaired) electrons. The molecule has 0 saturated heterocycles. The van der Waals surface area contributed by atoms with Crippen LogP contribution >= 0.6 is 0 Å². The monoisotopic (exact) mass is 255 g/mol. The standard InChI is InChI=1S/C10H13NO5.CO/c1-11-10(12)15-7-14-9-4-2-8(3-5-9)6-16-13;1-2/h2-5,13H,6-7H2,1H3,(H,11,12);. The van der Waals surface area contributed by atoms with Gasteiger partial charge in [-0.1, -0.05) is 12.1 Å². The Morgan fingerprint density at radius 3 is 2.50 bits per heavy atom. The van der Waals surface area contributed by atoms with E-state index in [0.717, 1.165) is 5.56 Å². The van der Waals surface area contributed by atoms with Crippen LogP contribution in [0.2, 0.25) is 0 Å². The molecule has 0 saturated carbocycles. The third kappa shape index (κ3) is 6.51. The van der Waals surface area contributed by atoms with E-state index in [1.54, 1.807) is 24.3 Å². The zero-order valence-electron chi connectivity index (χ0n) is 9.71. The van der Waals surface area contributed by atoms with Gasteiger partial charge >= 0.3 is 17.4 Å². The van der Waals surface area contributed by atoms with Crippen molar-refractivity contribution in [3.05, 3.63) is 36.5 Å². The number of hydrogen-bond acceptors (Lipinski definition) is 5. The normalized spacial score (nSPS) is 8.67. The maximum absolute atomic E-state index is 10.7. The van der Waals surface area contributed by atoms with E-state index in [0.29, 0.717) is 5.75 Å². The van der Waals surface area contributed by atoms with Crippen LogP contribution in [-0.4, -0.2) is 25.2 Å². The molecule has 0 aliphatic rings. The van der Waals surface area contributed by atoms with Crippen molar-refractivity contribution in [2.24, 2.45) is 0 Å². The number of hydrogen-bond donors (Lipinski definition) is 2. The molecule has 1 aromatic carbocycles. The van der Waals surface area contributed by atoms with E-state index < -0.39 is 6.09 Å². The first-order valence-electron chi connectivity index (χ1n) is 4.79. The molecule has 0 bridgehead atoms. The Morgan fingerprint density at radius 1 is 1.39 bits per heavy atom.